The summed E-state index contributed by atoms with van der Waals surface area (Å²) in [5.41, 5.74) is 1.94. The zero-order valence-corrected chi connectivity index (χ0v) is 14.4. The summed E-state index contributed by atoms with van der Waals surface area (Å²) in [6.07, 6.45) is 3.54. The molecule has 2 aromatic heterocycles. The quantitative estimate of drug-likeness (QED) is 0.269. The van der Waals surface area contributed by atoms with Crippen molar-refractivity contribution in [1.82, 2.24) is 9.97 Å². The maximum Gasteiger partial charge on any atom is 0.0886 e. The first kappa shape index (κ1) is 18.9. The number of hydrogen-bond acceptors (Lipinski definition) is 4. The second-order valence-electron chi connectivity index (χ2n) is 3.95. The summed E-state index contributed by atoms with van der Waals surface area (Å²) in [7, 11) is 0. The van der Waals surface area contributed by atoms with E-state index in [9.17, 15) is 10.1 Å². The molecule has 0 unspecified atom stereocenters. The predicted molar refractivity (Wildman–Crippen MR) is 88.3 cm³/mol. The number of hydrogen-bond donors (Lipinski definition) is 0. The molecule has 5 nitrogen and oxygen atoms in total. The van der Waals surface area contributed by atoms with E-state index >= 15 is 0 Å². The molecule has 0 saturated carbocycles. The SMILES string of the molecule is O=[N+]([O-])c1cc[c-]cc1.[Ni][Br].c1ccc(-c2ccccn2)nc1. The fourth-order valence-electron chi connectivity index (χ4n) is 1.53. The van der Waals surface area contributed by atoms with Gasteiger partial charge in [0.25, 0.3) is 0 Å². The molecule has 0 amide bonds. The Bertz CT molecular complexity index is 648. The van der Waals surface area contributed by atoms with Gasteiger partial charge in [-0.25, -0.2) is 0 Å². The van der Waals surface area contributed by atoms with Gasteiger partial charge in [0.2, 0.25) is 0 Å². The molecule has 0 aliphatic heterocycles. The molecule has 0 saturated heterocycles. The summed E-state index contributed by atoms with van der Waals surface area (Å²) in [6.45, 7) is 0. The molecule has 0 atom stereocenters. The molecule has 0 aliphatic rings. The van der Waals surface area contributed by atoms with Crippen molar-refractivity contribution in [3.63, 3.8) is 0 Å². The minimum absolute atomic E-state index is 0.105. The van der Waals surface area contributed by atoms with Crippen molar-refractivity contribution in [2.75, 3.05) is 0 Å². The maximum absolute atomic E-state index is 9.99. The van der Waals surface area contributed by atoms with Crippen LogP contribution in [0.4, 0.5) is 5.69 Å². The van der Waals surface area contributed by atoms with Crippen LogP contribution in [0, 0.1) is 16.2 Å². The van der Waals surface area contributed by atoms with Crippen molar-refractivity contribution in [3.8, 4) is 11.4 Å². The van der Waals surface area contributed by atoms with Crippen LogP contribution in [0.3, 0.4) is 0 Å². The van der Waals surface area contributed by atoms with E-state index in [0.29, 0.717) is 0 Å². The van der Waals surface area contributed by atoms with E-state index in [-0.39, 0.29) is 5.69 Å². The summed E-state index contributed by atoms with van der Waals surface area (Å²) >= 11 is 6.25. The second-order valence-corrected chi connectivity index (χ2v) is 3.95. The summed E-state index contributed by atoms with van der Waals surface area (Å²) in [4.78, 5) is 17.9. The molecule has 7 heteroatoms. The zero-order valence-electron chi connectivity index (χ0n) is 11.8. The first-order valence-electron chi connectivity index (χ1n) is 6.32. The Morgan fingerprint density at radius 3 is 1.70 bits per heavy atom. The van der Waals surface area contributed by atoms with Crippen LogP contribution in [-0.2, 0) is 13.7 Å². The normalized spacial score (nSPS) is 8.83. The van der Waals surface area contributed by atoms with E-state index in [0.717, 1.165) is 11.4 Å². The minimum Gasteiger partial charge on any atom is -0.255 e. The summed E-state index contributed by atoms with van der Waals surface area (Å²) in [5, 5.41) is 9.99. The Labute approximate surface area is 149 Å². The molecule has 3 aromatic rings. The molecule has 0 fully saturated rings. The van der Waals surface area contributed by atoms with Crippen molar-refractivity contribution in [2.45, 2.75) is 0 Å². The van der Waals surface area contributed by atoms with Crippen LogP contribution in [0.2, 0.25) is 0 Å². The largest absolute Gasteiger partial charge is 0.255 e. The van der Waals surface area contributed by atoms with Gasteiger partial charge in [-0.05, 0) is 24.3 Å². The van der Waals surface area contributed by atoms with Gasteiger partial charge < -0.3 is 0 Å². The van der Waals surface area contributed by atoms with Crippen molar-refractivity contribution in [2.24, 2.45) is 0 Å². The Kier molecular flexibility index (Phi) is 9.44. The summed E-state index contributed by atoms with van der Waals surface area (Å²) in [6, 6.07) is 20.1. The third-order valence-corrected chi connectivity index (χ3v) is 2.50. The second kappa shape index (κ2) is 11.5. The third-order valence-electron chi connectivity index (χ3n) is 2.50. The molecule has 1 aromatic carbocycles. The number of halogens is 1. The fraction of sp³-hybridized carbons (Fsp3) is 0. The van der Waals surface area contributed by atoms with Gasteiger partial charge in [-0.15, -0.1) is 0 Å². The van der Waals surface area contributed by atoms with Crippen molar-refractivity contribution >= 4 is 19.9 Å². The van der Waals surface area contributed by atoms with Crippen LogP contribution in [0.5, 0.6) is 0 Å². The van der Waals surface area contributed by atoms with Crippen molar-refractivity contribution in [1.29, 1.82) is 0 Å². The number of rotatable bonds is 2. The van der Waals surface area contributed by atoms with Gasteiger partial charge in [-0.1, -0.05) is 24.3 Å². The molecular weight excluding hydrogens is 405 g/mol. The molecule has 3 rings (SSSR count). The Morgan fingerprint density at radius 1 is 0.913 bits per heavy atom. The fourth-order valence-corrected chi connectivity index (χ4v) is 1.53. The van der Waals surface area contributed by atoms with Crippen LogP contribution in [0.15, 0.2) is 73.1 Å². The number of non-ortho nitro benzene ring substituents is 1. The Morgan fingerprint density at radius 2 is 1.39 bits per heavy atom. The first-order valence-corrected chi connectivity index (χ1v) is 8.76. The van der Waals surface area contributed by atoms with Gasteiger partial charge in [0.1, 0.15) is 0 Å². The van der Waals surface area contributed by atoms with Crippen molar-refractivity contribution in [3.05, 3.63) is 89.2 Å². The Balaban J connectivity index is 0.000000215. The smallest absolute Gasteiger partial charge is 0.0886 e. The molecule has 0 aliphatic carbocycles. The van der Waals surface area contributed by atoms with Crippen LogP contribution in [0.1, 0.15) is 0 Å². The molecule has 0 N–H and O–H groups in total. The molecule has 23 heavy (non-hydrogen) atoms. The molecular formula is C16H12BrN3NiO2-. The van der Waals surface area contributed by atoms with Gasteiger partial charge in [-0.3, -0.25) is 20.1 Å². The molecule has 0 radical (unpaired) electrons. The third kappa shape index (κ3) is 7.13. The number of nitrogens with zero attached hydrogens (tertiary/aromatic N) is 3. The van der Waals surface area contributed by atoms with E-state index in [4.69, 9.17) is 0 Å². The zero-order chi connectivity index (χ0) is 16.9. The van der Waals surface area contributed by atoms with Crippen LogP contribution in [0.25, 0.3) is 11.4 Å². The van der Waals surface area contributed by atoms with E-state index in [1.54, 1.807) is 12.4 Å². The van der Waals surface area contributed by atoms with E-state index in [1.165, 1.54) is 24.3 Å². The van der Waals surface area contributed by atoms with Crippen LogP contribution >= 0.6 is 14.2 Å². The maximum atomic E-state index is 9.99. The molecule has 2 heterocycles. The number of aromatic nitrogens is 2. The topological polar surface area (TPSA) is 68.9 Å². The Hall–Kier alpha value is -2.11. The summed E-state index contributed by atoms with van der Waals surface area (Å²) in [5.74, 6) is 0. The predicted octanol–water partition coefficient (Wildman–Crippen LogP) is 4.38. The number of benzene rings is 1. The monoisotopic (exact) mass is 415 g/mol. The number of nitro benzene ring substituents is 1. The first-order chi connectivity index (χ1) is 11.3. The van der Waals surface area contributed by atoms with Crippen LogP contribution < -0.4 is 0 Å². The standard InChI is InChI=1S/C10H8N2.C6H4NO2.BrH.Ni/c1-3-7-11-9(5-1)10-6-2-4-8-12-10;8-7(9)6-4-2-1-3-5-6;;/h1-8H;2-5H;1H;/q;-1;;+1/p-1. The van der Waals surface area contributed by atoms with Gasteiger partial charge in [0.15, 0.2) is 5.69 Å². The van der Waals surface area contributed by atoms with Gasteiger partial charge in [0, 0.05) is 17.3 Å². The number of nitro groups is 1. The minimum atomic E-state index is -0.437. The summed E-state index contributed by atoms with van der Waals surface area (Å²) < 4.78 is 0. The van der Waals surface area contributed by atoms with Crippen molar-refractivity contribution < 1.29 is 18.6 Å². The van der Waals surface area contributed by atoms with E-state index in [2.05, 4.69) is 44.0 Å². The van der Waals surface area contributed by atoms with Gasteiger partial charge in [-0.2, -0.15) is 18.2 Å². The molecule has 121 valence electrons. The van der Waals surface area contributed by atoms with Gasteiger partial charge >= 0.3 is 27.9 Å². The average molecular weight is 417 g/mol. The molecule has 0 bridgehead atoms. The van der Waals surface area contributed by atoms with Gasteiger partial charge in [0.05, 0.1) is 11.4 Å². The van der Waals surface area contributed by atoms with E-state index < -0.39 is 4.92 Å². The van der Waals surface area contributed by atoms with Crippen LogP contribution in [-0.4, -0.2) is 14.9 Å². The molecule has 0 spiro atoms. The number of pyridine rings is 2. The van der Waals surface area contributed by atoms with E-state index in [1.807, 2.05) is 36.4 Å². The average Bonchev–Trinajstić information content (AvgIpc) is 2.66.